The van der Waals surface area contributed by atoms with E-state index >= 15 is 0 Å². The van der Waals surface area contributed by atoms with E-state index in [2.05, 4.69) is 94.4 Å². The van der Waals surface area contributed by atoms with Gasteiger partial charge in [-0.3, -0.25) is 0 Å². The van der Waals surface area contributed by atoms with E-state index in [4.69, 9.17) is 13.7 Å². The van der Waals surface area contributed by atoms with Crippen LogP contribution in [-0.2, 0) is 9.31 Å². The van der Waals surface area contributed by atoms with Crippen molar-refractivity contribution in [3.05, 3.63) is 78.9 Å². The molecule has 1 aliphatic heterocycles. The summed E-state index contributed by atoms with van der Waals surface area (Å²) < 4.78 is 18.6. The van der Waals surface area contributed by atoms with Crippen molar-refractivity contribution in [3.8, 4) is 11.1 Å². The maximum absolute atomic E-state index is 6.19. The molecule has 1 aromatic heterocycles. The minimum Gasteiger partial charge on any atom is -0.455 e. The number of rotatable bonds is 2. The minimum absolute atomic E-state index is 0.337. The maximum atomic E-state index is 6.19. The van der Waals surface area contributed by atoms with Gasteiger partial charge in [0, 0.05) is 16.2 Å². The summed E-state index contributed by atoms with van der Waals surface area (Å²) in [6.45, 7) is 8.32. The number of hydrogen-bond donors (Lipinski definition) is 0. The first-order valence-electron chi connectivity index (χ1n) is 11.1. The average molecular weight is 420 g/mol. The molecule has 0 amide bonds. The van der Waals surface area contributed by atoms with Gasteiger partial charge >= 0.3 is 7.12 Å². The van der Waals surface area contributed by atoms with Gasteiger partial charge in [-0.25, -0.2) is 0 Å². The van der Waals surface area contributed by atoms with Crippen LogP contribution in [0.5, 0.6) is 0 Å². The molecule has 158 valence electrons. The molecule has 0 bridgehead atoms. The van der Waals surface area contributed by atoms with Crippen LogP contribution in [0, 0.1) is 0 Å². The molecule has 0 radical (unpaired) electrons. The number of para-hydroxylation sites is 1. The van der Waals surface area contributed by atoms with Crippen LogP contribution in [0.4, 0.5) is 0 Å². The Kier molecular flexibility index (Phi) is 4.11. The summed E-state index contributed by atoms with van der Waals surface area (Å²) in [6, 6.07) is 27.6. The molecule has 1 aliphatic rings. The van der Waals surface area contributed by atoms with E-state index < -0.39 is 0 Å². The van der Waals surface area contributed by atoms with Gasteiger partial charge < -0.3 is 13.7 Å². The van der Waals surface area contributed by atoms with Crippen molar-refractivity contribution in [2.45, 2.75) is 38.9 Å². The molecule has 32 heavy (non-hydrogen) atoms. The Labute approximate surface area is 188 Å². The molecule has 4 aromatic carbocycles. The fourth-order valence-electron chi connectivity index (χ4n) is 4.50. The number of furan rings is 1. The summed E-state index contributed by atoms with van der Waals surface area (Å²) in [6.07, 6.45) is 0. The molecule has 2 heterocycles. The lowest BCUT2D eigenvalue weighted by molar-refractivity contribution is 0.00578. The Balaban J connectivity index is 1.36. The van der Waals surface area contributed by atoms with Crippen molar-refractivity contribution in [1.82, 2.24) is 0 Å². The Morgan fingerprint density at radius 2 is 1.28 bits per heavy atom. The summed E-state index contributed by atoms with van der Waals surface area (Å²) in [5, 5.41) is 4.62. The molecule has 1 saturated heterocycles. The van der Waals surface area contributed by atoms with Gasteiger partial charge in [-0.05, 0) is 73.9 Å². The van der Waals surface area contributed by atoms with Crippen LogP contribution in [0.25, 0.3) is 43.8 Å². The molecule has 0 atom stereocenters. The number of hydrogen-bond acceptors (Lipinski definition) is 3. The summed E-state index contributed by atoms with van der Waals surface area (Å²) in [4.78, 5) is 0. The fourth-order valence-corrected chi connectivity index (χ4v) is 4.50. The normalized spacial score (nSPS) is 17.6. The first-order chi connectivity index (χ1) is 15.3. The van der Waals surface area contributed by atoms with Crippen LogP contribution in [0.3, 0.4) is 0 Å². The van der Waals surface area contributed by atoms with E-state index in [1.54, 1.807) is 0 Å². The predicted molar refractivity (Wildman–Crippen MR) is 132 cm³/mol. The van der Waals surface area contributed by atoms with Crippen LogP contribution in [0.15, 0.2) is 83.3 Å². The van der Waals surface area contributed by atoms with E-state index in [1.807, 2.05) is 12.1 Å². The minimum atomic E-state index is -0.341. The number of fused-ring (bicyclic) bond motifs is 5. The highest BCUT2D eigenvalue weighted by Gasteiger charge is 2.51. The molecule has 6 rings (SSSR count). The van der Waals surface area contributed by atoms with Crippen molar-refractivity contribution in [1.29, 1.82) is 0 Å². The van der Waals surface area contributed by atoms with Crippen LogP contribution >= 0.6 is 0 Å². The van der Waals surface area contributed by atoms with Gasteiger partial charge in [0.25, 0.3) is 0 Å². The maximum Gasteiger partial charge on any atom is 0.494 e. The smallest absolute Gasteiger partial charge is 0.455 e. The molecular formula is C28H25BO3. The zero-order chi connectivity index (χ0) is 22.1. The molecule has 1 fully saturated rings. The zero-order valence-electron chi connectivity index (χ0n) is 18.8. The van der Waals surface area contributed by atoms with Crippen molar-refractivity contribution in [2.24, 2.45) is 0 Å². The van der Waals surface area contributed by atoms with E-state index in [0.29, 0.717) is 0 Å². The first-order valence-corrected chi connectivity index (χ1v) is 11.1. The third-order valence-corrected chi connectivity index (χ3v) is 7.13. The van der Waals surface area contributed by atoms with Gasteiger partial charge in [-0.15, -0.1) is 0 Å². The molecule has 5 aromatic rings. The fraction of sp³-hybridized carbons (Fsp3) is 0.214. The van der Waals surface area contributed by atoms with Crippen molar-refractivity contribution in [2.75, 3.05) is 0 Å². The lowest BCUT2D eigenvalue weighted by Gasteiger charge is -2.32. The third-order valence-electron chi connectivity index (χ3n) is 7.13. The van der Waals surface area contributed by atoms with Crippen LogP contribution in [-0.4, -0.2) is 18.3 Å². The molecule has 3 nitrogen and oxygen atoms in total. The van der Waals surface area contributed by atoms with E-state index in [1.165, 1.54) is 10.9 Å². The van der Waals surface area contributed by atoms with Gasteiger partial charge in [-0.2, -0.15) is 0 Å². The number of benzene rings is 4. The molecular weight excluding hydrogens is 395 g/mol. The SMILES string of the molecule is CC1(C)OB(c2ccc(-c3ccc4c(ccc5c6ccccc6oc45)c3)cc2)OC1(C)C. The van der Waals surface area contributed by atoms with Crippen LogP contribution in [0.2, 0.25) is 0 Å². The summed E-state index contributed by atoms with van der Waals surface area (Å²) in [5.74, 6) is 0. The summed E-state index contributed by atoms with van der Waals surface area (Å²) >= 11 is 0. The second-order valence-electron chi connectivity index (χ2n) is 9.69. The molecule has 0 N–H and O–H groups in total. The zero-order valence-corrected chi connectivity index (χ0v) is 18.8. The van der Waals surface area contributed by atoms with Gasteiger partial charge in [-0.1, -0.05) is 54.6 Å². The average Bonchev–Trinajstić information content (AvgIpc) is 3.27. The third kappa shape index (κ3) is 2.91. The van der Waals surface area contributed by atoms with E-state index in [-0.39, 0.29) is 18.3 Å². The van der Waals surface area contributed by atoms with Crippen LogP contribution in [0.1, 0.15) is 27.7 Å². The van der Waals surface area contributed by atoms with Gasteiger partial charge in [0.1, 0.15) is 11.2 Å². The van der Waals surface area contributed by atoms with Crippen molar-refractivity contribution in [3.63, 3.8) is 0 Å². The second kappa shape index (κ2) is 6.71. The molecule has 0 saturated carbocycles. The lowest BCUT2D eigenvalue weighted by atomic mass is 9.78. The van der Waals surface area contributed by atoms with Crippen LogP contribution < -0.4 is 5.46 Å². The summed E-state index contributed by atoms with van der Waals surface area (Å²) in [7, 11) is -0.341. The topological polar surface area (TPSA) is 31.6 Å². The predicted octanol–water partition coefficient (Wildman–Crippen LogP) is 6.71. The Bertz CT molecular complexity index is 1460. The van der Waals surface area contributed by atoms with E-state index in [0.717, 1.165) is 38.4 Å². The molecule has 0 aliphatic carbocycles. The van der Waals surface area contributed by atoms with Crippen molar-refractivity contribution < 1.29 is 13.7 Å². The quantitative estimate of drug-likeness (QED) is 0.298. The Hall–Kier alpha value is -3.08. The standard InChI is InChI=1S/C28H25BO3/c1-27(2)28(3,4)32-29(31-27)21-13-9-18(10-14-21)19-11-15-22-20(17-19)12-16-24-23-7-5-6-8-25(23)30-26(22)24/h5-17H,1-4H3. The lowest BCUT2D eigenvalue weighted by Crippen LogP contribution is -2.41. The Morgan fingerprint density at radius 1 is 0.625 bits per heavy atom. The van der Waals surface area contributed by atoms with E-state index in [9.17, 15) is 0 Å². The molecule has 0 spiro atoms. The monoisotopic (exact) mass is 420 g/mol. The second-order valence-corrected chi connectivity index (χ2v) is 9.69. The Morgan fingerprint density at radius 3 is 2.03 bits per heavy atom. The van der Waals surface area contributed by atoms with Crippen molar-refractivity contribution >= 4 is 45.3 Å². The molecule has 0 unspecified atom stereocenters. The highest BCUT2D eigenvalue weighted by Crippen LogP contribution is 2.37. The van der Waals surface area contributed by atoms with Gasteiger partial charge in [0.15, 0.2) is 0 Å². The highest BCUT2D eigenvalue weighted by molar-refractivity contribution is 6.62. The highest BCUT2D eigenvalue weighted by atomic mass is 16.7. The largest absolute Gasteiger partial charge is 0.494 e. The van der Waals surface area contributed by atoms with Gasteiger partial charge in [0.2, 0.25) is 0 Å². The first kappa shape index (κ1) is 19.6. The summed E-state index contributed by atoms with van der Waals surface area (Å²) in [5.41, 5.74) is 4.58. The van der Waals surface area contributed by atoms with Gasteiger partial charge in [0.05, 0.1) is 11.2 Å². The molecule has 4 heteroatoms.